The third-order valence-corrected chi connectivity index (χ3v) is 2.41. The molecule has 0 aliphatic heterocycles. The van der Waals surface area contributed by atoms with Crippen LogP contribution >= 0.6 is 15.9 Å². The van der Waals surface area contributed by atoms with Gasteiger partial charge in [0.05, 0.1) is 0 Å². The normalized spacial score (nSPS) is 10.6. The maximum atomic E-state index is 12.6. The van der Waals surface area contributed by atoms with Crippen LogP contribution in [0, 0.1) is 0 Å². The fourth-order valence-electron chi connectivity index (χ4n) is 1.15. The molecule has 0 amide bonds. The highest BCUT2D eigenvalue weighted by atomic mass is 79.9. The van der Waals surface area contributed by atoms with E-state index < -0.39 is 12.2 Å². The molecule has 2 N–H and O–H groups in total. The van der Waals surface area contributed by atoms with Crippen molar-refractivity contribution in [3.63, 3.8) is 0 Å². The highest BCUT2D eigenvalue weighted by Gasteiger charge is 2.19. The number of hydrogen-bond acceptors (Lipinski definition) is 2. The van der Waals surface area contributed by atoms with Crippen LogP contribution in [0.3, 0.4) is 0 Å². The molecule has 1 rings (SSSR count). The van der Waals surface area contributed by atoms with Gasteiger partial charge in [-0.1, -0.05) is 15.9 Å². The molecule has 0 heterocycles. The molecule has 0 bridgehead atoms. The number of benzene rings is 1. The highest BCUT2D eigenvalue weighted by Crippen LogP contribution is 2.32. The van der Waals surface area contributed by atoms with E-state index in [2.05, 4.69) is 15.9 Å². The Hall–Kier alpha value is -0.970. The first kappa shape index (κ1) is 11.1. The van der Waals surface area contributed by atoms with Crippen LogP contribution in [0.1, 0.15) is 29.3 Å². The van der Waals surface area contributed by atoms with Gasteiger partial charge in [0.25, 0.3) is 6.43 Å². The number of Topliss-reactive ketones (excluding diaryl/α,β-unsaturated/α-hetero) is 1. The van der Waals surface area contributed by atoms with E-state index >= 15 is 0 Å². The lowest BCUT2D eigenvalue weighted by Crippen LogP contribution is -2.03. The Morgan fingerprint density at radius 3 is 2.50 bits per heavy atom. The fourth-order valence-corrected chi connectivity index (χ4v) is 1.80. The van der Waals surface area contributed by atoms with Crippen LogP contribution in [-0.4, -0.2) is 5.78 Å². The number of anilines is 1. The van der Waals surface area contributed by atoms with E-state index in [1.807, 2.05) is 0 Å². The molecular weight excluding hydrogens is 256 g/mol. The molecule has 0 radical (unpaired) electrons. The van der Waals surface area contributed by atoms with E-state index in [1.54, 1.807) is 0 Å². The summed E-state index contributed by atoms with van der Waals surface area (Å²) in [6, 6.07) is 2.61. The summed E-state index contributed by atoms with van der Waals surface area (Å²) in [5.74, 6) is -0.423. The van der Waals surface area contributed by atoms with Crippen LogP contribution in [0.4, 0.5) is 14.5 Å². The summed E-state index contributed by atoms with van der Waals surface area (Å²) in [5.41, 5.74) is 5.39. The second-order valence-electron chi connectivity index (χ2n) is 2.82. The van der Waals surface area contributed by atoms with Crippen molar-refractivity contribution >= 4 is 27.4 Å². The van der Waals surface area contributed by atoms with E-state index in [9.17, 15) is 13.6 Å². The molecule has 0 saturated heterocycles. The summed E-state index contributed by atoms with van der Waals surface area (Å²) >= 11 is 2.95. The number of nitrogen functional groups attached to an aromatic ring is 1. The second kappa shape index (κ2) is 4.04. The Balaban J connectivity index is 3.44. The summed E-state index contributed by atoms with van der Waals surface area (Å²) in [7, 11) is 0. The predicted octanol–water partition coefficient (Wildman–Crippen LogP) is 3.17. The molecule has 0 aromatic heterocycles. The minimum absolute atomic E-state index is 0.0353. The number of rotatable bonds is 2. The summed E-state index contributed by atoms with van der Waals surface area (Å²) in [5, 5.41) is 0. The van der Waals surface area contributed by atoms with E-state index in [1.165, 1.54) is 19.1 Å². The Bertz CT molecular complexity index is 379. The number of ketones is 1. The van der Waals surface area contributed by atoms with E-state index in [0.29, 0.717) is 0 Å². The number of hydrogen-bond donors (Lipinski definition) is 1. The summed E-state index contributed by atoms with van der Waals surface area (Å²) in [4.78, 5) is 11.1. The average molecular weight is 264 g/mol. The van der Waals surface area contributed by atoms with Crippen molar-refractivity contribution in [1.29, 1.82) is 0 Å². The fraction of sp³-hybridized carbons (Fsp3) is 0.222. The minimum atomic E-state index is -2.69. The van der Waals surface area contributed by atoms with Gasteiger partial charge < -0.3 is 5.73 Å². The van der Waals surface area contributed by atoms with Crippen LogP contribution in [0.2, 0.25) is 0 Å². The molecule has 0 fully saturated rings. The molecule has 0 spiro atoms. The highest BCUT2D eigenvalue weighted by molar-refractivity contribution is 9.10. The predicted molar refractivity (Wildman–Crippen MR) is 53.5 cm³/mol. The van der Waals surface area contributed by atoms with Crippen molar-refractivity contribution in [2.75, 3.05) is 5.73 Å². The van der Waals surface area contributed by atoms with Gasteiger partial charge in [-0.05, 0) is 19.1 Å². The van der Waals surface area contributed by atoms with Gasteiger partial charge in [-0.25, -0.2) is 8.78 Å². The van der Waals surface area contributed by atoms with Crippen molar-refractivity contribution in [3.05, 3.63) is 27.7 Å². The van der Waals surface area contributed by atoms with Crippen LogP contribution in [0.5, 0.6) is 0 Å². The smallest absolute Gasteiger partial charge is 0.265 e. The molecule has 5 heteroatoms. The summed E-state index contributed by atoms with van der Waals surface area (Å²) in [6.07, 6.45) is -2.69. The molecule has 1 aromatic carbocycles. The topological polar surface area (TPSA) is 43.1 Å². The quantitative estimate of drug-likeness (QED) is 0.658. The van der Waals surface area contributed by atoms with Gasteiger partial charge in [-0.3, -0.25) is 4.79 Å². The first-order valence-corrected chi connectivity index (χ1v) is 4.60. The number of nitrogens with two attached hydrogens (primary N) is 1. The number of alkyl halides is 2. The molecule has 1 aromatic rings. The zero-order chi connectivity index (χ0) is 10.9. The van der Waals surface area contributed by atoms with Crippen LogP contribution in [0.25, 0.3) is 0 Å². The molecule has 0 aliphatic carbocycles. The van der Waals surface area contributed by atoms with Gasteiger partial charge in [-0.15, -0.1) is 0 Å². The first-order chi connectivity index (χ1) is 6.43. The van der Waals surface area contributed by atoms with Gasteiger partial charge in [0.1, 0.15) is 0 Å². The van der Waals surface area contributed by atoms with Crippen molar-refractivity contribution in [2.45, 2.75) is 13.3 Å². The Morgan fingerprint density at radius 2 is 2.07 bits per heavy atom. The Kier molecular flexibility index (Phi) is 3.21. The van der Waals surface area contributed by atoms with Crippen LogP contribution in [0.15, 0.2) is 16.6 Å². The molecule has 0 atom stereocenters. The number of carbonyl (C=O) groups is 1. The zero-order valence-electron chi connectivity index (χ0n) is 7.35. The third-order valence-electron chi connectivity index (χ3n) is 1.75. The maximum Gasteiger partial charge on any atom is 0.265 e. The van der Waals surface area contributed by atoms with Crippen LogP contribution in [-0.2, 0) is 0 Å². The lowest BCUT2D eigenvalue weighted by atomic mass is 10.0. The molecule has 2 nitrogen and oxygen atoms in total. The number of halogens is 3. The zero-order valence-corrected chi connectivity index (χ0v) is 8.94. The molecule has 76 valence electrons. The van der Waals surface area contributed by atoms with Crippen molar-refractivity contribution in [1.82, 2.24) is 0 Å². The summed E-state index contributed by atoms with van der Waals surface area (Å²) < 4.78 is 25.3. The largest absolute Gasteiger partial charge is 0.399 e. The lowest BCUT2D eigenvalue weighted by Gasteiger charge is -2.09. The van der Waals surface area contributed by atoms with Gasteiger partial charge >= 0.3 is 0 Å². The van der Waals surface area contributed by atoms with E-state index in [4.69, 9.17) is 5.73 Å². The van der Waals surface area contributed by atoms with Crippen LogP contribution < -0.4 is 5.73 Å². The summed E-state index contributed by atoms with van der Waals surface area (Å²) in [6.45, 7) is 1.23. The molecular formula is C9H8BrF2NO. The van der Waals surface area contributed by atoms with Gasteiger partial charge in [0, 0.05) is 21.3 Å². The Morgan fingerprint density at radius 1 is 1.50 bits per heavy atom. The minimum Gasteiger partial charge on any atom is -0.399 e. The number of carbonyl (C=O) groups excluding carboxylic acids is 1. The lowest BCUT2D eigenvalue weighted by molar-refractivity contribution is 0.0998. The monoisotopic (exact) mass is 263 g/mol. The van der Waals surface area contributed by atoms with Crippen molar-refractivity contribution in [3.8, 4) is 0 Å². The Labute approximate surface area is 88.2 Å². The van der Waals surface area contributed by atoms with Gasteiger partial charge in [0.2, 0.25) is 0 Å². The maximum absolute atomic E-state index is 12.6. The second-order valence-corrected chi connectivity index (χ2v) is 3.68. The third kappa shape index (κ3) is 2.09. The molecule has 0 saturated carbocycles. The van der Waals surface area contributed by atoms with E-state index in [-0.39, 0.29) is 21.3 Å². The van der Waals surface area contributed by atoms with Gasteiger partial charge in [-0.2, -0.15) is 0 Å². The molecule has 0 aliphatic rings. The van der Waals surface area contributed by atoms with Crippen molar-refractivity contribution in [2.24, 2.45) is 0 Å². The standard InChI is InChI=1S/C9H8BrF2NO/c1-4(14)6-2-5(13)3-7(10)8(6)9(11)12/h2-3,9H,13H2,1H3. The first-order valence-electron chi connectivity index (χ1n) is 3.81. The van der Waals surface area contributed by atoms with E-state index in [0.717, 1.165) is 0 Å². The SMILES string of the molecule is CC(=O)c1cc(N)cc(Br)c1C(F)F. The molecule has 14 heavy (non-hydrogen) atoms. The van der Waals surface area contributed by atoms with Gasteiger partial charge in [0.15, 0.2) is 5.78 Å². The molecule has 0 unspecified atom stereocenters. The van der Waals surface area contributed by atoms with Crippen molar-refractivity contribution < 1.29 is 13.6 Å². The average Bonchev–Trinajstić information content (AvgIpc) is 2.01.